The van der Waals surface area contributed by atoms with Gasteiger partial charge in [-0.2, -0.15) is 0 Å². The van der Waals surface area contributed by atoms with Crippen LogP contribution in [0.2, 0.25) is 0 Å². The number of aliphatic hydroxyl groups is 2. The minimum Gasteiger partial charge on any atom is -0.508 e. The topological polar surface area (TPSA) is 382 Å². The largest absolute Gasteiger partial charge is 0.508 e. The first-order valence-electron chi connectivity index (χ1n) is 27.0. The quantitative estimate of drug-likeness (QED) is 0.0419. The molecule has 0 saturated carbocycles. The summed E-state index contributed by atoms with van der Waals surface area (Å²) >= 11 is 0. The third kappa shape index (κ3) is 23.3. The fourth-order valence-corrected chi connectivity index (χ4v) is 11.4. The molecule has 2 aromatic carbocycles. The van der Waals surface area contributed by atoms with Gasteiger partial charge in [-0.25, -0.2) is 0 Å². The Morgan fingerprint density at radius 1 is 0.728 bits per heavy atom. The fraction of sp³-hybridized carbons (Fsp3) is 0.604. The second-order valence-corrected chi connectivity index (χ2v) is 23.2. The van der Waals surface area contributed by atoms with Gasteiger partial charge < -0.3 is 78.3 Å². The highest BCUT2D eigenvalue weighted by Crippen LogP contribution is 2.26. The average Bonchev–Trinajstić information content (AvgIpc) is 3.97. The lowest BCUT2D eigenvalue weighted by molar-refractivity contribution is -0.141. The molecule has 2 fully saturated rings. The van der Waals surface area contributed by atoms with Crippen molar-refractivity contribution in [3.63, 3.8) is 0 Å². The molecule has 0 aliphatic carbocycles. The van der Waals surface area contributed by atoms with Crippen LogP contribution in [0.4, 0.5) is 0 Å². The Labute approximate surface area is 480 Å². The van der Waals surface area contributed by atoms with E-state index in [1.807, 2.05) is 32.8 Å². The highest BCUT2D eigenvalue weighted by Gasteiger charge is 2.40. The van der Waals surface area contributed by atoms with Crippen LogP contribution >= 0.6 is 21.6 Å². The fourth-order valence-electron chi connectivity index (χ4n) is 8.97. The molecule has 28 heteroatoms. The molecule has 26 nitrogen and oxygen atoms in total. The number of phenolic OH excluding ortho intramolecular Hbond substituents is 2. The number of carbonyl (C=O) groups is 9. The normalized spacial score (nSPS) is 23.5. The number of aromatic hydroxyl groups is 2. The van der Waals surface area contributed by atoms with Crippen molar-refractivity contribution in [3.8, 4) is 11.5 Å². The van der Waals surface area contributed by atoms with Gasteiger partial charge in [-0.3, -0.25) is 53.4 Å². The molecule has 10 atom stereocenters. The Morgan fingerprint density at radius 2 is 1.27 bits per heavy atom. The number of aliphatic carboxylic acids is 1. The van der Waals surface area contributed by atoms with Gasteiger partial charge in [0, 0.05) is 63.1 Å². The van der Waals surface area contributed by atoms with E-state index in [1.165, 1.54) is 71.1 Å². The summed E-state index contributed by atoms with van der Waals surface area (Å²) in [7, 11) is 5.92. The molecule has 15 N–H and O–H groups in total. The first-order chi connectivity index (χ1) is 38.5. The zero-order valence-corrected chi connectivity index (χ0v) is 48.3. The third-order valence-corrected chi connectivity index (χ3v) is 15.8. The highest BCUT2D eigenvalue weighted by molar-refractivity contribution is 8.76. The first-order valence-corrected chi connectivity index (χ1v) is 29.5. The molecule has 450 valence electrons. The van der Waals surface area contributed by atoms with Crippen molar-refractivity contribution < 1.29 is 68.7 Å². The Kier molecular flexibility index (Phi) is 28.4. The SMILES string of the molecule is CNCCN(CCNC)CC(=O)N[C@@H](CC(C)C)C(=O)N1CCC[C@H]1[C@H](O)N[C@H]1CSSC[C@@H](C)NC(=O)[C@H](C(C)O)NC(=O)CNC(=O)[C@H](Cc2ccc(O)cc2)NC(=O)[C@H](Cc2ccc(O)cc2)NC(=O)[C@H](CC(=O)O)NC1=O. The number of phenols is 2. The van der Waals surface area contributed by atoms with E-state index < -0.39 is 121 Å². The van der Waals surface area contributed by atoms with Gasteiger partial charge in [0.15, 0.2) is 0 Å². The van der Waals surface area contributed by atoms with Crippen molar-refractivity contribution in [2.75, 3.05) is 71.4 Å². The van der Waals surface area contributed by atoms with Gasteiger partial charge in [0.2, 0.25) is 47.3 Å². The van der Waals surface area contributed by atoms with Gasteiger partial charge in [-0.1, -0.05) is 59.7 Å². The number of benzene rings is 2. The number of nitrogens with zero attached hydrogens (tertiary/aromatic N) is 2. The zero-order chi connectivity index (χ0) is 59.8. The number of carboxylic acids is 1. The molecule has 2 heterocycles. The maximum atomic E-state index is 14.5. The molecule has 2 saturated heterocycles. The summed E-state index contributed by atoms with van der Waals surface area (Å²) in [6.45, 7) is 8.73. The summed E-state index contributed by atoms with van der Waals surface area (Å²) < 4.78 is 0. The van der Waals surface area contributed by atoms with Crippen LogP contribution in [-0.4, -0.2) is 221 Å². The number of amides is 8. The van der Waals surface area contributed by atoms with Crippen LogP contribution in [-0.2, 0) is 56.0 Å². The number of carboxylic acid groups (broad SMARTS) is 1. The lowest BCUT2D eigenvalue weighted by Crippen LogP contribution is -2.61. The third-order valence-electron chi connectivity index (χ3n) is 13.3. The predicted molar refractivity (Wildman–Crippen MR) is 304 cm³/mol. The van der Waals surface area contributed by atoms with Crippen molar-refractivity contribution in [2.45, 2.75) is 127 Å². The van der Waals surface area contributed by atoms with E-state index in [2.05, 4.69) is 53.2 Å². The van der Waals surface area contributed by atoms with Gasteiger partial charge in [0.1, 0.15) is 47.9 Å². The summed E-state index contributed by atoms with van der Waals surface area (Å²) in [6, 6.07) is 0.967. The van der Waals surface area contributed by atoms with Crippen LogP contribution in [0.1, 0.15) is 64.5 Å². The maximum absolute atomic E-state index is 14.5. The Morgan fingerprint density at radius 3 is 1.81 bits per heavy atom. The van der Waals surface area contributed by atoms with Gasteiger partial charge in [-0.05, 0) is 88.5 Å². The van der Waals surface area contributed by atoms with E-state index in [0.717, 1.165) is 10.8 Å². The van der Waals surface area contributed by atoms with E-state index in [1.54, 1.807) is 6.92 Å². The molecule has 2 aromatic rings. The number of hydrogen-bond acceptors (Lipinski definition) is 19. The minimum absolute atomic E-state index is 0.0222. The van der Waals surface area contributed by atoms with E-state index in [-0.39, 0.29) is 73.6 Å². The summed E-state index contributed by atoms with van der Waals surface area (Å²) in [5, 5.41) is 79.8. The smallest absolute Gasteiger partial charge is 0.305 e. The standard InChI is InChI=1S/C53H82N12O14S2/c1-30(2)22-40(58-44(70)27-64(20-17-54-5)21-18-55-6)53(79)65-19-7-8-42(65)51(77)62-41-29-81-80-28-31(3)57-52(78)46(32(4)66)63-43(69)26-56-47(73)37(23-33-9-13-35(67)14-10-33)59-48(74)38(24-34-11-15-36(68)16-12-34)60-49(75)39(25-45(71)72)61-50(41)76/h9-16,30-32,37-42,46,51,54-55,62,66-68,77H,7-8,17-29H2,1-6H3,(H,56,73)(H,57,78)(H,58,70)(H,59,74)(H,60,75)(H,61,76)(H,63,69)(H,71,72)/t31-,32?,37+,38+,39+,40+,41+,42+,46+,51+/m1/s1. The zero-order valence-electron chi connectivity index (χ0n) is 46.7. The minimum atomic E-state index is -1.85. The number of aliphatic hydroxyl groups excluding tert-OH is 2. The highest BCUT2D eigenvalue weighted by atomic mass is 33.1. The number of likely N-dealkylation sites (tertiary alicyclic amines) is 1. The molecule has 0 bridgehead atoms. The van der Waals surface area contributed by atoms with E-state index in [4.69, 9.17) is 0 Å². The molecule has 1 unspecified atom stereocenters. The summed E-state index contributed by atoms with van der Waals surface area (Å²) in [4.78, 5) is 128. The molecular formula is C53H82N12O14S2. The van der Waals surface area contributed by atoms with Crippen molar-refractivity contribution >= 4 is 74.8 Å². The predicted octanol–water partition coefficient (Wildman–Crippen LogP) is -2.77. The van der Waals surface area contributed by atoms with Crippen LogP contribution in [0.15, 0.2) is 48.5 Å². The maximum Gasteiger partial charge on any atom is 0.305 e. The molecule has 8 amide bonds. The summed E-state index contributed by atoms with van der Waals surface area (Å²) in [5.41, 5.74) is 0.831. The van der Waals surface area contributed by atoms with Gasteiger partial charge >= 0.3 is 5.97 Å². The first kappa shape index (κ1) is 67.2. The van der Waals surface area contributed by atoms with Crippen LogP contribution in [0.3, 0.4) is 0 Å². The van der Waals surface area contributed by atoms with Crippen molar-refractivity contribution in [2.24, 2.45) is 5.92 Å². The second-order valence-electron chi connectivity index (χ2n) is 20.6. The van der Waals surface area contributed by atoms with Crippen molar-refractivity contribution in [1.29, 1.82) is 0 Å². The van der Waals surface area contributed by atoms with Crippen LogP contribution in [0.5, 0.6) is 11.5 Å². The van der Waals surface area contributed by atoms with Gasteiger partial charge in [0.05, 0.1) is 37.7 Å². The lowest BCUT2D eigenvalue weighted by Gasteiger charge is -2.34. The van der Waals surface area contributed by atoms with Gasteiger partial charge in [-0.15, -0.1) is 0 Å². The average molecular weight is 1180 g/mol. The molecule has 2 aliphatic rings. The monoisotopic (exact) mass is 1170 g/mol. The summed E-state index contributed by atoms with van der Waals surface area (Å²) in [6.07, 6.45) is -3.45. The second kappa shape index (κ2) is 34.2. The Bertz CT molecular complexity index is 2400. The molecule has 2 aliphatic heterocycles. The number of nitrogens with one attached hydrogen (secondary N) is 10. The molecule has 0 radical (unpaired) electrons. The summed E-state index contributed by atoms with van der Waals surface area (Å²) in [5.74, 6) is -8.09. The van der Waals surface area contributed by atoms with Crippen LogP contribution in [0.25, 0.3) is 0 Å². The number of likely N-dealkylation sites (N-methyl/N-ethyl adjacent to an activating group) is 2. The van der Waals surface area contributed by atoms with Crippen LogP contribution in [0, 0.1) is 5.92 Å². The van der Waals surface area contributed by atoms with E-state index >= 15 is 0 Å². The molecule has 0 spiro atoms. The van der Waals surface area contributed by atoms with Crippen molar-refractivity contribution in [3.05, 3.63) is 59.7 Å². The van der Waals surface area contributed by atoms with Gasteiger partial charge in [0.25, 0.3) is 0 Å². The molecule has 4 rings (SSSR count). The molecule has 0 aromatic heterocycles. The lowest BCUT2D eigenvalue weighted by atomic mass is 10.0. The molecule has 81 heavy (non-hydrogen) atoms. The van der Waals surface area contributed by atoms with E-state index in [0.29, 0.717) is 43.7 Å². The molecular weight excluding hydrogens is 1090 g/mol. The Balaban J connectivity index is 1.70. The van der Waals surface area contributed by atoms with Crippen molar-refractivity contribution in [1.82, 2.24) is 63.0 Å². The van der Waals surface area contributed by atoms with Crippen LogP contribution < -0.4 is 53.2 Å². The Hall–Kier alpha value is -6.27. The van der Waals surface area contributed by atoms with E-state index in [9.17, 15) is 68.7 Å². The number of carbonyl (C=O) groups excluding carboxylic acids is 8. The number of rotatable bonds is 22. The number of hydrogen-bond donors (Lipinski definition) is 15.